The van der Waals surface area contributed by atoms with E-state index in [2.05, 4.69) is 10.4 Å². The van der Waals surface area contributed by atoms with E-state index in [1.807, 2.05) is 0 Å². The second-order valence-electron chi connectivity index (χ2n) is 4.19. The van der Waals surface area contributed by atoms with E-state index in [1.54, 1.807) is 11.8 Å². The van der Waals surface area contributed by atoms with Crippen molar-refractivity contribution in [3.63, 3.8) is 0 Å². The predicted molar refractivity (Wildman–Crippen MR) is 63.1 cm³/mol. The SMILES string of the molecule is Cc1cc([N+](=O)[O-])nn1CC(=O)N1CCNCC1. The minimum atomic E-state index is -0.557. The van der Waals surface area contributed by atoms with Gasteiger partial charge >= 0.3 is 5.82 Å². The van der Waals surface area contributed by atoms with Crippen LogP contribution in [-0.2, 0) is 11.3 Å². The van der Waals surface area contributed by atoms with Crippen molar-refractivity contribution in [1.82, 2.24) is 20.0 Å². The molecule has 0 radical (unpaired) electrons. The number of nitrogens with zero attached hydrogens (tertiary/aromatic N) is 4. The highest BCUT2D eigenvalue weighted by atomic mass is 16.6. The van der Waals surface area contributed by atoms with Crippen LogP contribution in [0.15, 0.2) is 6.07 Å². The van der Waals surface area contributed by atoms with Gasteiger partial charge in [-0.1, -0.05) is 0 Å². The van der Waals surface area contributed by atoms with Crippen molar-refractivity contribution in [2.24, 2.45) is 0 Å². The molecule has 1 aromatic heterocycles. The number of rotatable bonds is 3. The molecule has 2 rings (SSSR count). The molecule has 1 aliphatic heterocycles. The van der Waals surface area contributed by atoms with E-state index in [-0.39, 0.29) is 18.3 Å². The summed E-state index contributed by atoms with van der Waals surface area (Å²) < 4.78 is 1.38. The van der Waals surface area contributed by atoms with Gasteiger partial charge in [0.25, 0.3) is 0 Å². The average Bonchev–Trinajstić information content (AvgIpc) is 2.72. The van der Waals surface area contributed by atoms with E-state index in [9.17, 15) is 14.9 Å². The molecule has 0 unspecified atom stereocenters. The standard InChI is InChI=1S/C10H15N5O3/c1-8-6-9(15(17)18)12-14(8)7-10(16)13-4-2-11-3-5-13/h6,11H,2-5,7H2,1H3. The summed E-state index contributed by atoms with van der Waals surface area (Å²) in [6, 6.07) is 1.37. The zero-order valence-corrected chi connectivity index (χ0v) is 10.1. The Balaban J connectivity index is 2.04. The molecule has 0 atom stereocenters. The fraction of sp³-hybridized carbons (Fsp3) is 0.600. The van der Waals surface area contributed by atoms with Crippen molar-refractivity contribution < 1.29 is 9.72 Å². The number of aryl methyl sites for hydroxylation is 1. The van der Waals surface area contributed by atoms with Crippen LogP contribution in [0.25, 0.3) is 0 Å². The third kappa shape index (κ3) is 2.65. The lowest BCUT2D eigenvalue weighted by Crippen LogP contribution is -2.47. The predicted octanol–water partition coefficient (Wildman–Crippen LogP) is -0.468. The molecule has 1 aliphatic rings. The zero-order valence-electron chi connectivity index (χ0n) is 10.1. The summed E-state index contributed by atoms with van der Waals surface area (Å²) in [5, 5.41) is 17.5. The maximum absolute atomic E-state index is 12.0. The van der Waals surface area contributed by atoms with Gasteiger partial charge in [0.05, 0.1) is 16.9 Å². The molecule has 0 aliphatic carbocycles. The Morgan fingerprint density at radius 3 is 2.78 bits per heavy atom. The van der Waals surface area contributed by atoms with E-state index in [0.29, 0.717) is 18.8 Å². The number of nitrogens with one attached hydrogen (secondary N) is 1. The van der Waals surface area contributed by atoms with Crippen molar-refractivity contribution >= 4 is 11.7 Å². The van der Waals surface area contributed by atoms with Gasteiger partial charge < -0.3 is 20.3 Å². The molecule has 0 aromatic carbocycles. The second kappa shape index (κ2) is 5.13. The Morgan fingerprint density at radius 1 is 1.56 bits per heavy atom. The van der Waals surface area contributed by atoms with Crippen LogP contribution in [0.4, 0.5) is 5.82 Å². The first-order chi connectivity index (χ1) is 8.58. The summed E-state index contributed by atoms with van der Waals surface area (Å²) in [6.07, 6.45) is 0. The number of hydrogen-bond acceptors (Lipinski definition) is 5. The Morgan fingerprint density at radius 2 is 2.22 bits per heavy atom. The van der Waals surface area contributed by atoms with Crippen molar-refractivity contribution in [3.8, 4) is 0 Å². The first kappa shape index (κ1) is 12.5. The molecule has 1 saturated heterocycles. The molecule has 1 N–H and O–H groups in total. The van der Waals surface area contributed by atoms with Gasteiger partial charge in [0.1, 0.15) is 6.54 Å². The monoisotopic (exact) mass is 253 g/mol. The third-order valence-corrected chi connectivity index (χ3v) is 2.91. The number of carbonyl (C=O) groups excluding carboxylic acids is 1. The van der Waals surface area contributed by atoms with Crippen LogP contribution in [0.2, 0.25) is 0 Å². The lowest BCUT2D eigenvalue weighted by Gasteiger charge is -2.27. The van der Waals surface area contributed by atoms with Crippen molar-refractivity contribution in [2.75, 3.05) is 26.2 Å². The number of hydrogen-bond donors (Lipinski definition) is 1. The molecular weight excluding hydrogens is 238 g/mol. The van der Waals surface area contributed by atoms with Gasteiger partial charge in [-0.2, -0.15) is 4.68 Å². The van der Waals surface area contributed by atoms with Gasteiger partial charge in [0.15, 0.2) is 0 Å². The van der Waals surface area contributed by atoms with Crippen LogP contribution >= 0.6 is 0 Å². The maximum Gasteiger partial charge on any atom is 0.390 e. The van der Waals surface area contributed by atoms with Crippen molar-refractivity contribution in [1.29, 1.82) is 0 Å². The Bertz CT molecular complexity index is 464. The molecular formula is C10H15N5O3. The van der Waals surface area contributed by atoms with Crippen LogP contribution in [0.1, 0.15) is 5.69 Å². The van der Waals surface area contributed by atoms with E-state index in [0.717, 1.165) is 13.1 Å². The quantitative estimate of drug-likeness (QED) is 0.580. The molecule has 2 heterocycles. The fourth-order valence-corrected chi connectivity index (χ4v) is 1.88. The number of carbonyl (C=O) groups is 1. The fourth-order valence-electron chi connectivity index (χ4n) is 1.88. The molecule has 18 heavy (non-hydrogen) atoms. The lowest BCUT2D eigenvalue weighted by molar-refractivity contribution is -0.389. The molecule has 0 bridgehead atoms. The van der Waals surface area contributed by atoms with Crippen molar-refractivity contribution in [2.45, 2.75) is 13.5 Å². The van der Waals surface area contributed by atoms with E-state index < -0.39 is 4.92 Å². The first-order valence-electron chi connectivity index (χ1n) is 5.75. The summed E-state index contributed by atoms with van der Waals surface area (Å²) in [4.78, 5) is 23.7. The number of nitro groups is 1. The van der Waals surface area contributed by atoms with Gasteiger partial charge in [0, 0.05) is 26.2 Å². The summed E-state index contributed by atoms with van der Waals surface area (Å²) in [6.45, 7) is 4.65. The minimum absolute atomic E-state index is 0.0552. The molecule has 1 fully saturated rings. The van der Waals surface area contributed by atoms with Crippen molar-refractivity contribution in [3.05, 3.63) is 21.9 Å². The van der Waals surface area contributed by atoms with Gasteiger partial charge in [0.2, 0.25) is 5.91 Å². The normalized spacial score (nSPS) is 15.7. The largest absolute Gasteiger partial charge is 0.390 e. The molecule has 1 aromatic rings. The molecule has 8 heteroatoms. The molecule has 98 valence electrons. The lowest BCUT2D eigenvalue weighted by atomic mass is 10.3. The highest BCUT2D eigenvalue weighted by Gasteiger charge is 2.21. The van der Waals surface area contributed by atoms with Crippen LogP contribution in [0.3, 0.4) is 0 Å². The Hall–Kier alpha value is -1.96. The molecule has 1 amide bonds. The molecule has 0 saturated carbocycles. The van der Waals surface area contributed by atoms with E-state index in [1.165, 1.54) is 10.7 Å². The van der Waals surface area contributed by atoms with Gasteiger partial charge in [-0.15, -0.1) is 0 Å². The zero-order chi connectivity index (χ0) is 13.1. The van der Waals surface area contributed by atoms with Crippen LogP contribution in [-0.4, -0.2) is 51.7 Å². The second-order valence-corrected chi connectivity index (χ2v) is 4.19. The Labute approximate surface area is 104 Å². The van der Waals surface area contributed by atoms with Gasteiger partial charge in [-0.25, -0.2) is 0 Å². The number of aromatic nitrogens is 2. The Kier molecular flexibility index (Phi) is 3.56. The van der Waals surface area contributed by atoms with Crippen LogP contribution < -0.4 is 5.32 Å². The number of amides is 1. The first-order valence-corrected chi connectivity index (χ1v) is 5.75. The number of piperazine rings is 1. The van der Waals surface area contributed by atoms with Gasteiger partial charge in [-0.3, -0.25) is 4.79 Å². The minimum Gasteiger partial charge on any atom is -0.358 e. The summed E-state index contributed by atoms with van der Waals surface area (Å²) in [7, 11) is 0. The van der Waals surface area contributed by atoms with E-state index >= 15 is 0 Å². The average molecular weight is 253 g/mol. The third-order valence-electron chi connectivity index (χ3n) is 2.91. The van der Waals surface area contributed by atoms with Crippen LogP contribution in [0, 0.1) is 17.0 Å². The molecule has 8 nitrogen and oxygen atoms in total. The van der Waals surface area contributed by atoms with Crippen LogP contribution in [0.5, 0.6) is 0 Å². The summed E-state index contributed by atoms with van der Waals surface area (Å²) >= 11 is 0. The summed E-state index contributed by atoms with van der Waals surface area (Å²) in [5.74, 6) is -0.279. The van der Waals surface area contributed by atoms with E-state index in [4.69, 9.17) is 0 Å². The molecule has 0 spiro atoms. The summed E-state index contributed by atoms with van der Waals surface area (Å²) in [5.41, 5.74) is 0.616. The smallest absolute Gasteiger partial charge is 0.358 e. The highest BCUT2D eigenvalue weighted by molar-refractivity contribution is 5.76. The highest BCUT2D eigenvalue weighted by Crippen LogP contribution is 2.11. The van der Waals surface area contributed by atoms with Gasteiger partial charge in [-0.05, 0) is 11.8 Å². The maximum atomic E-state index is 12.0. The topological polar surface area (TPSA) is 93.3 Å².